The van der Waals surface area contributed by atoms with E-state index in [1.54, 1.807) is 6.21 Å². The zero-order valence-corrected chi connectivity index (χ0v) is 7.45. The van der Waals surface area contributed by atoms with E-state index >= 15 is 0 Å². The van der Waals surface area contributed by atoms with Crippen LogP contribution in [0.25, 0.3) is 0 Å². The quantitative estimate of drug-likeness (QED) is 0.314. The highest BCUT2D eigenvalue weighted by molar-refractivity contribution is 7.80. The van der Waals surface area contributed by atoms with Gasteiger partial charge in [-0.1, -0.05) is 0 Å². The fourth-order valence-corrected chi connectivity index (χ4v) is 0.640. The van der Waals surface area contributed by atoms with Gasteiger partial charge < -0.3 is 11.1 Å². The minimum Gasteiger partial charge on any atom is -0.362 e. The van der Waals surface area contributed by atoms with Crippen molar-refractivity contribution in [2.24, 2.45) is 10.8 Å². The third kappa shape index (κ3) is 7.21. The van der Waals surface area contributed by atoms with Gasteiger partial charge in [-0.05, 0) is 32.1 Å². The van der Waals surface area contributed by atoms with E-state index in [-0.39, 0.29) is 0 Å². The predicted molar refractivity (Wildman–Crippen MR) is 51.6 cm³/mol. The van der Waals surface area contributed by atoms with Gasteiger partial charge in [-0.15, -0.1) is 0 Å². The summed E-state index contributed by atoms with van der Waals surface area (Å²) in [6.07, 6.45) is 2.46. The van der Waals surface area contributed by atoms with Crippen molar-refractivity contribution in [3.8, 4) is 0 Å². The monoisotopic (exact) mass is 174 g/mol. The van der Waals surface area contributed by atoms with E-state index in [1.165, 1.54) is 0 Å². The van der Waals surface area contributed by atoms with Crippen molar-refractivity contribution in [3.05, 3.63) is 0 Å². The molecule has 0 aromatic rings. The summed E-state index contributed by atoms with van der Waals surface area (Å²) < 4.78 is 0. The Morgan fingerprint density at radius 2 is 2.45 bits per heavy atom. The van der Waals surface area contributed by atoms with E-state index in [1.807, 2.05) is 6.92 Å². The summed E-state index contributed by atoms with van der Waals surface area (Å²) in [7, 11) is 0. The number of nitrogens with one attached hydrogen (secondary N) is 2. The molecule has 0 unspecified atom stereocenters. The number of rotatable bonds is 4. The SMILES string of the molecule is CCNC(=S)N/N=C/CCN. The highest BCUT2D eigenvalue weighted by atomic mass is 32.1. The van der Waals surface area contributed by atoms with Crippen LogP contribution in [0, 0.1) is 0 Å². The van der Waals surface area contributed by atoms with Crippen LogP contribution in [0.3, 0.4) is 0 Å². The fourth-order valence-electron chi connectivity index (χ4n) is 0.443. The minimum atomic E-state index is 0.542. The number of hydrazone groups is 1. The van der Waals surface area contributed by atoms with Crippen molar-refractivity contribution in [2.45, 2.75) is 13.3 Å². The van der Waals surface area contributed by atoms with Gasteiger partial charge in [0.05, 0.1) is 0 Å². The maximum Gasteiger partial charge on any atom is 0.186 e. The van der Waals surface area contributed by atoms with E-state index in [2.05, 4.69) is 15.8 Å². The Bertz CT molecular complexity index is 135. The topological polar surface area (TPSA) is 62.4 Å². The number of hydrogen-bond acceptors (Lipinski definition) is 3. The summed E-state index contributed by atoms with van der Waals surface area (Å²) in [6.45, 7) is 3.38. The van der Waals surface area contributed by atoms with Crippen molar-refractivity contribution in [1.82, 2.24) is 10.7 Å². The summed E-state index contributed by atoms with van der Waals surface area (Å²) in [5.74, 6) is 0. The van der Waals surface area contributed by atoms with E-state index in [0.29, 0.717) is 11.7 Å². The molecule has 0 fully saturated rings. The Balaban J connectivity index is 3.29. The smallest absolute Gasteiger partial charge is 0.186 e. The third-order valence-corrected chi connectivity index (χ3v) is 1.13. The van der Waals surface area contributed by atoms with E-state index < -0.39 is 0 Å². The molecule has 11 heavy (non-hydrogen) atoms. The number of nitrogens with zero attached hydrogens (tertiary/aromatic N) is 1. The molecule has 0 amide bonds. The summed E-state index contributed by atoms with van der Waals surface area (Å²) in [4.78, 5) is 0. The van der Waals surface area contributed by atoms with Gasteiger partial charge in [0.1, 0.15) is 0 Å². The lowest BCUT2D eigenvalue weighted by molar-refractivity contribution is 0.898. The second-order valence-corrected chi connectivity index (χ2v) is 2.27. The fraction of sp³-hybridized carbons (Fsp3) is 0.667. The van der Waals surface area contributed by atoms with Crippen LogP contribution in [0.1, 0.15) is 13.3 Å². The molecule has 5 heteroatoms. The lowest BCUT2D eigenvalue weighted by Gasteiger charge is -2.01. The van der Waals surface area contributed by atoms with Crippen LogP contribution < -0.4 is 16.5 Å². The van der Waals surface area contributed by atoms with Gasteiger partial charge >= 0.3 is 0 Å². The van der Waals surface area contributed by atoms with Gasteiger partial charge in [-0.2, -0.15) is 5.10 Å². The molecule has 0 aliphatic heterocycles. The molecule has 64 valence electrons. The summed E-state index contributed by atoms with van der Waals surface area (Å²) in [5.41, 5.74) is 7.89. The van der Waals surface area contributed by atoms with Gasteiger partial charge in [0, 0.05) is 12.8 Å². The van der Waals surface area contributed by atoms with E-state index in [9.17, 15) is 0 Å². The summed E-state index contributed by atoms with van der Waals surface area (Å²) in [6, 6.07) is 0. The maximum atomic E-state index is 5.24. The molecular formula is C6H14N4S. The molecule has 0 aliphatic rings. The van der Waals surface area contributed by atoms with Crippen molar-refractivity contribution in [1.29, 1.82) is 0 Å². The summed E-state index contributed by atoms with van der Waals surface area (Å²) in [5, 5.41) is 7.26. The molecule has 0 aromatic heterocycles. The summed E-state index contributed by atoms with van der Waals surface area (Å²) >= 11 is 4.84. The van der Waals surface area contributed by atoms with Crippen LogP contribution in [0.4, 0.5) is 0 Å². The van der Waals surface area contributed by atoms with E-state index in [0.717, 1.165) is 13.0 Å². The van der Waals surface area contributed by atoms with Crippen LogP contribution in [-0.4, -0.2) is 24.4 Å². The van der Waals surface area contributed by atoms with Crippen LogP contribution in [0.15, 0.2) is 5.10 Å². The van der Waals surface area contributed by atoms with Crippen LogP contribution in [-0.2, 0) is 0 Å². The first kappa shape index (κ1) is 10.3. The molecule has 4 nitrogen and oxygen atoms in total. The van der Waals surface area contributed by atoms with Gasteiger partial charge in [0.2, 0.25) is 0 Å². The molecule has 0 heterocycles. The van der Waals surface area contributed by atoms with Gasteiger partial charge in [0.15, 0.2) is 5.11 Å². The largest absolute Gasteiger partial charge is 0.362 e. The first-order valence-corrected chi connectivity index (χ1v) is 3.97. The Hall–Kier alpha value is -0.680. The van der Waals surface area contributed by atoms with Gasteiger partial charge in [-0.3, -0.25) is 5.43 Å². The molecule has 4 N–H and O–H groups in total. The highest BCUT2D eigenvalue weighted by Crippen LogP contribution is 1.68. The minimum absolute atomic E-state index is 0.542. The molecule has 0 rings (SSSR count). The van der Waals surface area contributed by atoms with E-state index in [4.69, 9.17) is 18.0 Å². The lowest BCUT2D eigenvalue weighted by atomic mass is 10.5. The van der Waals surface area contributed by atoms with Crippen LogP contribution in [0.2, 0.25) is 0 Å². The lowest BCUT2D eigenvalue weighted by Crippen LogP contribution is -2.31. The Kier molecular flexibility index (Phi) is 6.97. The molecule has 0 aromatic carbocycles. The molecule has 0 aliphatic carbocycles. The Morgan fingerprint density at radius 3 is 3.00 bits per heavy atom. The maximum absolute atomic E-state index is 5.24. The molecule has 0 bridgehead atoms. The number of nitrogens with two attached hydrogens (primary N) is 1. The van der Waals surface area contributed by atoms with Crippen molar-refractivity contribution in [2.75, 3.05) is 13.1 Å². The average molecular weight is 174 g/mol. The molecule has 0 saturated heterocycles. The first-order chi connectivity index (χ1) is 5.31. The van der Waals surface area contributed by atoms with Gasteiger partial charge in [-0.25, -0.2) is 0 Å². The second-order valence-electron chi connectivity index (χ2n) is 1.86. The molecule has 0 saturated carbocycles. The third-order valence-electron chi connectivity index (χ3n) is 0.890. The van der Waals surface area contributed by atoms with Crippen molar-refractivity contribution in [3.63, 3.8) is 0 Å². The first-order valence-electron chi connectivity index (χ1n) is 3.56. The van der Waals surface area contributed by atoms with Crippen molar-refractivity contribution < 1.29 is 0 Å². The normalized spacial score (nSPS) is 10.0. The number of hydrogen-bond donors (Lipinski definition) is 3. The van der Waals surface area contributed by atoms with Crippen LogP contribution in [0.5, 0.6) is 0 Å². The molecule has 0 atom stereocenters. The van der Waals surface area contributed by atoms with Crippen LogP contribution >= 0.6 is 12.2 Å². The molecular weight excluding hydrogens is 160 g/mol. The molecule has 0 radical (unpaired) electrons. The zero-order chi connectivity index (χ0) is 8.53. The second kappa shape index (κ2) is 7.43. The highest BCUT2D eigenvalue weighted by Gasteiger charge is 1.85. The Morgan fingerprint density at radius 1 is 1.73 bits per heavy atom. The predicted octanol–water partition coefficient (Wildman–Crippen LogP) is -0.195. The molecule has 0 spiro atoms. The zero-order valence-electron chi connectivity index (χ0n) is 6.63. The Labute approximate surface area is 72.2 Å². The average Bonchev–Trinajstić information content (AvgIpc) is 1.99. The standard InChI is InChI=1S/C6H14N4S/c1-2-8-6(11)10-9-5-3-4-7/h5H,2-4,7H2,1H3,(H2,8,10,11)/b9-5+. The number of thiocarbonyl (C=S) groups is 1. The van der Waals surface area contributed by atoms with Gasteiger partial charge in [0.25, 0.3) is 0 Å². The van der Waals surface area contributed by atoms with Crippen molar-refractivity contribution >= 4 is 23.5 Å².